The van der Waals surface area contributed by atoms with Gasteiger partial charge >= 0.3 is 0 Å². The van der Waals surface area contributed by atoms with Gasteiger partial charge in [0.25, 0.3) is 5.91 Å². The molecule has 0 spiro atoms. The van der Waals surface area contributed by atoms with E-state index in [0.717, 1.165) is 16.8 Å². The van der Waals surface area contributed by atoms with Crippen molar-refractivity contribution in [2.75, 3.05) is 17.7 Å². The number of hydrogen-bond donors (Lipinski definition) is 2. The molecular formula is C19H18ClN3O2. The average molecular weight is 356 g/mol. The molecule has 0 radical (unpaired) electrons. The Hall–Kier alpha value is -2.97. The van der Waals surface area contributed by atoms with E-state index in [1.807, 2.05) is 38.1 Å². The number of carbonyl (C=O) groups is 1. The molecule has 0 atom stereocenters. The normalized spacial score (nSPS) is 10.8. The smallest absolute Gasteiger partial charge is 0.267 e. The van der Waals surface area contributed by atoms with Crippen LogP contribution in [0.15, 0.2) is 48.2 Å². The molecule has 2 aromatic carbocycles. The summed E-state index contributed by atoms with van der Waals surface area (Å²) in [6, 6.07) is 12.6. The molecule has 0 aliphatic heterocycles. The second kappa shape index (κ2) is 8.22. The Balaban J connectivity index is 2.12. The molecule has 0 saturated carbocycles. The Labute approximate surface area is 151 Å². The molecule has 0 unspecified atom stereocenters. The first-order chi connectivity index (χ1) is 11.9. The zero-order valence-electron chi connectivity index (χ0n) is 14.2. The van der Waals surface area contributed by atoms with E-state index < -0.39 is 5.91 Å². The van der Waals surface area contributed by atoms with E-state index in [0.29, 0.717) is 16.5 Å². The lowest BCUT2D eigenvalue weighted by atomic mass is 10.1. The molecule has 0 aromatic heterocycles. The zero-order chi connectivity index (χ0) is 18.4. The van der Waals surface area contributed by atoms with Gasteiger partial charge in [-0.05, 0) is 55.3 Å². The van der Waals surface area contributed by atoms with Crippen LogP contribution in [0.1, 0.15) is 11.1 Å². The van der Waals surface area contributed by atoms with Crippen molar-refractivity contribution in [3.8, 4) is 11.8 Å². The molecule has 0 heterocycles. The molecule has 25 heavy (non-hydrogen) atoms. The predicted octanol–water partition coefficient (Wildman–Crippen LogP) is 4.42. The van der Waals surface area contributed by atoms with Crippen LogP contribution in [-0.2, 0) is 4.79 Å². The number of rotatable bonds is 5. The Morgan fingerprint density at radius 1 is 1.16 bits per heavy atom. The van der Waals surface area contributed by atoms with Crippen LogP contribution in [0.4, 0.5) is 11.4 Å². The molecule has 128 valence electrons. The fourth-order valence-corrected chi connectivity index (χ4v) is 2.56. The first-order valence-corrected chi connectivity index (χ1v) is 7.90. The molecule has 0 fully saturated rings. The highest BCUT2D eigenvalue weighted by atomic mass is 35.5. The number of methoxy groups -OCH3 is 1. The quantitative estimate of drug-likeness (QED) is 0.615. The van der Waals surface area contributed by atoms with Gasteiger partial charge in [-0.1, -0.05) is 17.7 Å². The van der Waals surface area contributed by atoms with Crippen molar-refractivity contribution in [2.45, 2.75) is 13.8 Å². The Morgan fingerprint density at radius 3 is 2.40 bits per heavy atom. The minimum absolute atomic E-state index is 0.0499. The van der Waals surface area contributed by atoms with Crippen molar-refractivity contribution >= 4 is 28.9 Å². The zero-order valence-corrected chi connectivity index (χ0v) is 14.9. The molecule has 1 amide bonds. The maximum absolute atomic E-state index is 12.2. The summed E-state index contributed by atoms with van der Waals surface area (Å²) in [4.78, 5) is 12.2. The highest BCUT2D eigenvalue weighted by Crippen LogP contribution is 2.27. The van der Waals surface area contributed by atoms with E-state index in [1.165, 1.54) is 13.3 Å². The van der Waals surface area contributed by atoms with Gasteiger partial charge in [-0.25, -0.2) is 0 Å². The molecule has 2 N–H and O–H groups in total. The van der Waals surface area contributed by atoms with E-state index in [2.05, 4.69) is 10.6 Å². The summed E-state index contributed by atoms with van der Waals surface area (Å²) < 4.78 is 5.06. The average Bonchev–Trinajstić information content (AvgIpc) is 2.54. The summed E-state index contributed by atoms with van der Waals surface area (Å²) in [7, 11) is 1.51. The molecule has 0 bridgehead atoms. The van der Waals surface area contributed by atoms with Crippen molar-refractivity contribution in [1.29, 1.82) is 5.26 Å². The second-order valence-electron chi connectivity index (χ2n) is 5.49. The van der Waals surface area contributed by atoms with Crippen molar-refractivity contribution in [3.05, 3.63) is 64.3 Å². The minimum atomic E-state index is -0.527. The predicted molar refractivity (Wildman–Crippen MR) is 99.9 cm³/mol. The monoisotopic (exact) mass is 355 g/mol. The Morgan fingerprint density at radius 2 is 1.84 bits per heavy atom. The van der Waals surface area contributed by atoms with Crippen molar-refractivity contribution in [2.24, 2.45) is 0 Å². The first-order valence-electron chi connectivity index (χ1n) is 7.53. The molecule has 2 aromatic rings. The van der Waals surface area contributed by atoms with E-state index >= 15 is 0 Å². The number of nitriles is 1. The number of ether oxygens (including phenoxy) is 1. The number of aryl methyl sites for hydroxylation is 2. The maximum Gasteiger partial charge on any atom is 0.267 e. The highest BCUT2D eigenvalue weighted by molar-refractivity contribution is 6.32. The Kier molecular flexibility index (Phi) is 6.04. The standard InChI is InChI=1S/C19H18ClN3O2/c1-12-6-13(2)8-16(7-12)22-11-14(10-21)19(24)23-15-4-5-18(25-3)17(20)9-15/h4-9,11,22H,1-3H3,(H,23,24)/b14-11-. The van der Waals surface area contributed by atoms with Crippen LogP contribution in [0.5, 0.6) is 5.75 Å². The lowest BCUT2D eigenvalue weighted by Crippen LogP contribution is -2.14. The number of nitrogens with zero attached hydrogens (tertiary/aromatic N) is 1. The van der Waals surface area contributed by atoms with Gasteiger partial charge in [-0.2, -0.15) is 5.26 Å². The Bertz CT molecular complexity index is 849. The molecule has 5 nitrogen and oxygen atoms in total. The van der Waals surface area contributed by atoms with Crippen LogP contribution >= 0.6 is 11.6 Å². The van der Waals surface area contributed by atoms with Gasteiger partial charge in [0.05, 0.1) is 12.1 Å². The van der Waals surface area contributed by atoms with E-state index in [4.69, 9.17) is 16.3 Å². The number of carbonyl (C=O) groups excluding carboxylic acids is 1. The third-order valence-corrected chi connectivity index (χ3v) is 3.67. The molecular weight excluding hydrogens is 338 g/mol. The summed E-state index contributed by atoms with van der Waals surface area (Å²) in [6.45, 7) is 3.96. The van der Waals surface area contributed by atoms with Crippen LogP contribution in [0.25, 0.3) is 0 Å². The number of amides is 1. The topological polar surface area (TPSA) is 74.1 Å². The summed E-state index contributed by atoms with van der Waals surface area (Å²) in [5.74, 6) is -0.0205. The number of nitrogens with one attached hydrogen (secondary N) is 2. The summed E-state index contributed by atoms with van der Waals surface area (Å²) in [6.07, 6.45) is 1.38. The van der Waals surface area contributed by atoms with Crippen molar-refractivity contribution in [3.63, 3.8) is 0 Å². The summed E-state index contributed by atoms with van der Waals surface area (Å²) in [5, 5.41) is 15.2. The van der Waals surface area contributed by atoms with Crippen LogP contribution in [0.3, 0.4) is 0 Å². The molecule has 0 aliphatic rings. The number of anilines is 2. The lowest BCUT2D eigenvalue weighted by Gasteiger charge is -2.08. The number of benzene rings is 2. The van der Waals surface area contributed by atoms with Gasteiger partial charge in [-0.3, -0.25) is 4.79 Å². The lowest BCUT2D eigenvalue weighted by molar-refractivity contribution is -0.112. The van der Waals surface area contributed by atoms with Gasteiger partial charge < -0.3 is 15.4 Å². The van der Waals surface area contributed by atoms with E-state index in [9.17, 15) is 10.1 Å². The fourth-order valence-electron chi connectivity index (χ4n) is 2.30. The van der Waals surface area contributed by atoms with Crippen molar-refractivity contribution in [1.82, 2.24) is 0 Å². The first kappa shape index (κ1) is 18.4. The molecule has 0 saturated heterocycles. The third kappa shape index (κ3) is 5.00. The largest absolute Gasteiger partial charge is 0.495 e. The molecule has 0 aliphatic carbocycles. The second-order valence-corrected chi connectivity index (χ2v) is 5.90. The van der Waals surface area contributed by atoms with Crippen molar-refractivity contribution < 1.29 is 9.53 Å². The number of halogens is 1. The van der Waals surface area contributed by atoms with Gasteiger partial charge in [0.15, 0.2) is 0 Å². The summed E-state index contributed by atoms with van der Waals surface area (Å²) >= 11 is 6.03. The third-order valence-electron chi connectivity index (χ3n) is 3.38. The van der Waals surface area contributed by atoms with E-state index in [-0.39, 0.29) is 5.57 Å². The van der Waals surface area contributed by atoms with Gasteiger partial charge in [-0.15, -0.1) is 0 Å². The molecule has 2 rings (SSSR count). The number of hydrogen-bond acceptors (Lipinski definition) is 4. The van der Waals surface area contributed by atoms with Gasteiger partial charge in [0, 0.05) is 17.6 Å². The van der Waals surface area contributed by atoms with Gasteiger partial charge in [0.1, 0.15) is 17.4 Å². The molecule has 6 heteroatoms. The van der Waals surface area contributed by atoms with Crippen LogP contribution < -0.4 is 15.4 Å². The maximum atomic E-state index is 12.2. The fraction of sp³-hybridized carbons (Fsp3) is 0.158. The van der Waals surface area contributed by atoms with Crippen LogP contribution in [-0.4, -0.2) is 13.0 Å². The SMILES string of the molecule is COc1ccc(NC(=O)/C(C#N)=C\Nc2cc(C)cc(C)c2)cc1Cl. The minimum Gasteiger partial charge on any atom is -0.495 e. The van der Waals surface area contributed by atoms with E-state index in [1.54, 1.807) is 18.2 Å². The van der Waals surface area contributed by atoms with Crippen LogP contribution in [0, 0.1) is 25.2 Å². The highest BCUT2D eigenvalue weighted by Gasteiger charge is 2.11. The van der Waals surface area contributed by atoms with Crippen LogP contribution in [0.2, 0.25) is 5.02 Å². The van der Waals surface area contributed by atoms with Gasteiger partial charge in [0.2, 0.25) is 0 Å². The summed E-state index contributed by atoms with van der Waals surface area (Å²) in [5.41, 5.74) is 3.42.